The second-order valence-corrected chi connectivity index (χ2v) is 4.17. The summed E-state index contributed by atoms with van der Waals surface area (Å²) in [5, 5.41) is 10.7. The first-order chi connectivity index (χ1) is 7.75. The quantitative estimate of drug-likeness (QED) is 0.378. The Balaban J connectivity index is 1.98. The van der Waals surface area contributed by atoms with Gasteiger partial charge >= 0.3 is 0 Å². The second-order valence-electron chi connectivity index (χ2n) is 4.17. The van der Waals surface area contributed by atoms with Crippen molar-refractivity contribution in [3.8, 4) is 0 Å². The highest BCUT2D eigenvalue weighted by Gasteiger charge is 2.34. The molecule has 16 heavy (non-hydrogen) atoms. The molecule has 0 N–H and O–H groups in total. The van der Waals surface area contributed by atoms with E-state index in [4.69, 9.17) is 0 Å². The Morgan fingerprint density at radius 3 is 3.19 bits per heavy atom. The third-order valence-corrected chi connectivity index (χ3v) is 3.21. The smallest absolute Gasteiger partial charge is 0.285 e. The summed E-state index contributed by atoms with van der Waals surface area (Å²) in [5.74, 6) is 1.30. The first-order valence-electron chi connectivity index (χ1n) is 5.29. The van der Waals surface area contributed by atoms with Crippen LogP contribution in [0.5, 0.6) is 0 Å². The lowest BCUT2D eigenvalue weighted by atomic mass is 9.98. The van der Waals surface area contributed by atoms with Crippen LogP contribution in [0.1, 0.15) is 6.42 Å². The molecule has 5 nitrogen and oxygen atoms in total. The summed E-state index contributed by atoms with van der Waals surface area (Å²) < 4.78 is 0. The molecule has 0 fully saturated rings. The van der Waals surface area contributed by atoms with Gasteiger partial charge in [-0.05, 0) is 12.5 Å². The van der Waals surface area contributed by atoms with Crippen molar-refractivity contribution in [1.29, 1.82) is 0 Å². The molecule has 0 saturated heterocycles. The van der Waals surface area contributed by atoms with Crippen LogP contribution in [0.25, 0.3) is 0 Å². The second kappa shape index (κ2) is 3.30. The van der Waals surface area contributed by atoms with Crippen molar-refractivity contribution in [3.05, 3.63) is 46.3 Å². The van der Waals surface area contributed by atoms with Crippen LogP contribution in [0.3, 0.4) is 0 Å². The maximum atomic E-state index is 10.7. The predicted molar refractivity (Wildman–Crippen MR) is 59.4 cm³/mol. The van der Waals surface area contributed by atoms with Crippen molar-refractivity contribution < 1.29 is 4.92 Å². The van der Waals surface area contributed by atoms with Gasteiger partial charge in [0.25, 0.3) is 5.70 Å². The van der Waals surface area contributed by atoms with Gasteiger partial charge in [0.1, 0.15) is 5.84 Å². The molecule has 3 rings (SSSR count). The molecule has 2 heterocycles. The minimum Gasteiger partial charge on any atom is -0.320 e. The molecule has 0 aromatic rings. The van der Waals surface area contributed by atoms with Crippen LogP contribution >= 0.6 is 0 Å². The molecule has 0 saturated carbocycles. The van der Waals surface area contributed by atoms with Crippen LogP contribution in [-0.2, 0) is 0 Å². The zero-order valence-corrected chi connectivity index (χ0v) is 8.61. The van der Waals surface area contributed by atoms with E-state index in [1.807, 2.05) is 4.90 Å². The molecule has 5 heteroatoms. The van der Waals surface area contributed by atoms with Gasteiger partial charge in [-0.15, -0.1) is 0 Å². The van der Waals surface area contributed by atoms with E-state index in [0.717, 1.165) is 18.8 Å². The Bertz CT molecular complexity index is 462. The van der Waals surface area contributed by atoms with E-state index in [1.165, 1.54) is 6.08 Å². The summed E-state index contributed by atoms with van der Waals surface area (Å²) in [4.78, 5) is 16.7. The lowest BCUT2D eigenvalue weighted by Crippen LogP contribution is -2.43. The molecule has 2 aliphatic heterocycles. The fraction of sp³-hybridized carbons (Fsp3) is 0.364. The number of hydrogen-bond donors (Lipinski definition) is 0. The number of amidine groups is 1. The monoisotopic (exact) mass is 217 g/mol. The number of nitro groups is 1. The minimum atomic E-state index is -0.366. The summed E-state index contributed by atoms with van der Waals surface area (Å²) in [6.07, 6.45) is 10.1. The normalized spacial score (nSPS) is 30.6. The zero-order valence-electron chi connectivity index (χ0n) is 8.61. The highest BCUT2D eigenvalue weighted by molar-refractivity contribution is 5.96. The van der Waals surface area contributed by atoms with Gasteiger partial charge in [0.05, 0.1) is 17.2 Å². The topological polar surface area (TPSA) is 58.7 Å². The first kappa shape index (κ1) is 9.33. The number of rotatable bonds is 1. The highest BCUT2D eigenvalue weighted by atomic mass is 16.6. The summed E-state index contributed by atoms with van der Waals surface area (Å²) in [7, 11) is 0. The minimum absolute atomic E-state index is 0.125. The van der Waals surface area contributed by atoms with E-state index in [9.17, 15) is 10.1 Å². The summed E-state index contributed by atoms with van der Waals surface area (Å²) in [5.41, 5.74) is 0.125. The van der Waals surface area contributed by atoms with E-state index >= 15 is 0 Å². The van der Waals surface area contributed by atoms with Crippen molar-refractivity contribution >= 4 is 5.84 Å². The van der Waals surface area contributed by atoms with Crippen LogP contribution in [0.15, 0.2) is 41.2 Å². The third kappa shape index (κ3) is 1.28. The number of fused-ring (bicyclic) bond motifs is 3. The molecule has 0 spiro atoms. The SMILES string of the molecule is O=[N+]([O-])C1=CN2C(=NC[C@@H]3CC=C[C@@H]32)C=C1. The van der Waals surface area contributed by atoms with Gasteiger partial charge in [-0.25, -0.2) is 0 Å². The van der Waals surface area contributed by atoms with Crippen molar-refractivity contribution in [2.24, 2.45) is 10.9 Å². The zero-order chi connectivity index (χ0) is 11.1. The lowest BCUT2D eigenvalue weighted by Gasteiger charge is -2.35. The standard InChI is InChI=1S/C11H11N3O2/c15-14(16)9-4-5-11-12-6-8-2-1-3-10(8)13(11)7-9/h1,3-5,7-8,10H,2,6H2/t8-,10-/m0/s1. The summed E-state index contributed by atoms with van der Waals surface area (Å²) in [6.45, 7) is 0.815. The number of allylic oxidation sites excluding steroid dienone is 2. The van der Waals surface area contributed by atoms with Gasteiger partial charge < -0.3 is 4.90 Å². The molecule has 82 valence electrons. The first-order valence-corrected chi connectivity index (χ1v) is 5.29. The molecule has 3 aliphatic rings. The molecule has 0 amide bonds. The van der Waals surface area contributed by atoms with Gasteiger partial charge in [0.15, 0.2) is 0 Å². The number of aliphatic imine (C=N–C) groups is 1. The number of hydrogen-bond acceptors (Lipinski definition) is 4. The average molecular weight is 217 g/mol. The van der Waals surface area contributed by atoms with E-state index < -0.39 is 0 Å². The fourth-order valence-electron chi connectivity index (χ4n) is 2.38. The summed E-state index contributed by atoms with van der Waals surface area (Å²) in [6, 6.07) is 0.243. The van der Waals surface area contributed by atoms with Gasteiger partial charge in [0, 0.05) is 18.5 Å². The molecule has 2 atom stereocenters. The van der Waals surface area contributed by atoms with E-state index in [0.29, 0.717) is 5.92 Å². The Morgan fingerprint density at radius 2 is 2.38 bits per heavy atom. The maximum absolute atomic E-state index is 10.7. The van der Waals surface area contributed by atoms with E-state index in [-0.39, 0.29) is 16.7 Å². The fourth-order valence-corrected chi connectivity index (χ4v) is 2.38. The molecular weight excluding hydrogens is 206 g/mol. The van der Waals surface area contributed by atoms with Gasteiger partial charge in [-0.1, -0.05) is 12.2 Å². The number of nitrogens with zero attached hydrogens (tertiary/aromatic N) is 3. The summed E-state index contributed by atoms with van der Waals surface area (Å²) >= 11 is 0. The Kier molecular flexibility index (Phi) is 1.92. The molecule has 0 radical (unpaired) electrons. The predicted octanol–water partition coefficient (Wildman–Crippen LogP) is 1.33. The Morgan fingerprint density at radius 1 is 1.50 bits per heavy atom. The molecule has 0 unspecified atom stereocenters. The highest BCUT2D eigenvalue weighted by Crippen LogP contribution is 2.30. The van der Waals surface area contributed by atoms with Crippen LogP contribution in [0.2, 0.25) is 0 Å². The largest absolute Gasteiger partial charge is 0.320 e. The molecule has 0 aromatic heterocycles. The maximum Gasteiger partial charge on any atom is 0.285 e. The lowest BCUT2D eigenvalue weighted by molar-refractivity contribution is -0.420. The van der Waals surface area contributed by atoms with Crippen molar-refractivity contribution in [2.45, 2.75) is 12.5 Å². The van der Waals surface area contributed by atoms with Crippen molar-refractivity contribution in [1.82, 2.24) is 4.90 Å². The van der Waals surface area contributed by atoms with Gasteiger partial charge in [-0.2, -0.15) is 0 Å². The van der Waals surface area contributed by atoms with E-state index in [2.05, 4.69) is 17.1 Å². The van der Waals surface area contributed by atoms with Crippen LogP contribution in [-0.4, -0.2) is 28.2 Å². The molecular formula is C11H11N3O2. The van der Waals surface area contributed by atoms with Crippen LogP contribution < -0.4 is 0 Å². The van der Waals surface area contributed by atoms with E-state index in [1.54, 1.807) is 12.3 Å². The molecule has 0 aromatic carbocycles. The third-order valence-electron chi connectivity index (χ3n) is 3.21. The van der Waals surface area contributed by atoms with Crippen LogP contribution in [0.4, 0.5) is 0 Å². The average Bonchev–Trinajstić information content (AvgIpc) is 2.76. The Labute approximate surface area is 92.6 Å². The molecule has 1 aliphatic carbocycles. The van der Waals surface area contributed by atoms with Crippen molar-refractivity contribution in [2.75, 3.05) is 6.54 Å². The van der Waals surface area contributed by atoms with Gasteiger partial charge in [-0.3, -0.25) is 15.1 Å². The molecule has 0 bridgehead atoms. The van der Waals surface area contributed by atoms with Gasteiger partial charge in [0.2, 0.25) is 0 Å². The van der Waals surface area contributed by atoms with Crippen molar-refractivity contribution in [3.63, 3.8) is 0 Å². The Hall–Kier alpha value is -1.91. The van der Waals surface area contributed by atoms with Crippen LogP contribution in [0, 0.1) is 16.0 Å².